The van der Waals surface area contributed by atoms with Gasteiger partial charge >= 0.3 is 5.97 Å². The maximum Gasteiger partial charge on any atom is 0.312 e. The van der Waals surface area contributed by atoms with Crippen LogP contribution in [0.5, 0.6) is 0 Å². The summed E-state index contributed by atoms with van der Waals surface area (Å²) in [7, 11) is 0. The van der Waals surface area contributed by atoms with Crippen LogP contribution in [0.3, 0.4) is 0 Å². The minimum Gasteiger partial charge on any atom is -0.460 e. The lowest BCUT2D eigenvalue weighted by Crippen LogP contribution is -2.25. The lowest BCUT2D eigenvalue weighted by atomic mass is 10.0. The Balaban J connectivity index is 2.69. The van der Waals surface area contributed by atoms with Gasteiger partial charge < -0.3 is 10.1 Å². The molecule has 0 spiro atoms. The molecule has 0 radical (unpaired) electrons. The van der Waals surface area contributed by atoms with E-state index in [0.717, 1.165) is 12.1 Å². The van der Waals surface area contributed by atoms with Gasteiger partial charge in [-0.3, -0.25) is 9.59 Å². The van der Waals surface area contributed by atoms with Gasteiger partial charge in [-0.1, -0.05) is 5.92 Å². The summed E-state index contributed by atoms with van der Waals surface area (Å²) in [6.07, 6.45) is 4.62. The molecule has 1 rings (SSSR count). The van der Waals surface area contributed by atoms with Crippen LogP contribution < -0.4 is 0 Å². The van der Waals surface area contributed by atoms with Gasteiger partial charge in [0.25, 0.3) is 0 Å². The van der Waals surface area contributed by atoms with Gasteiger partial charge in [-0.25, -0.2) is 4.39 Å². The molecule has 1 N–H and O–H groups in total. The molecule has 0 unspecified atom stereocenters. The molecule has 0 aromatic heterocycles. The molecule has 0 aliphatic heterocycles. The normalized spacial score (nSPS) is 10.7. The molecule has 0 aliphatic carbocycles. The topological polar surface area (TPSA) is 67.2 Å². The predicted molar refractivity (Wildman–Crippen MR) is 81.5 cm³/mol. The van der Waals surface area contributed by atoms with Gasteiger partial charge in [-0.05, 0) is 39.0 Å². The monoisotopic (exact) mass is 303 g/mol. The molecule has 0 amide bonds. The van der Waals surface area contributed by atoms with Gasteiger partial charge in [0.05, 0.1) is 6.42 Å². The molecule has 0 aliphatic rings. The highest BCUT2D eigenvalue weighted by Gasteiger charge is 2.19. The van der Waals surface area contributed by atoms with E-state index in [0.29, 0.717) is 0 Å². The second-order valence-electron chi connectivity index (χ2n) is 5.84. The zero-order valence-electron chi connectivity index (χ0n) is 12.8. The molecule has 1 aromatic carbocycles. The Hall–Kier alpha value is -2.48. The third kappa shape index (κ3) is 5.88. The molecule has 116 valence electrons. The zero-order chi connectivity index (χ0) is 16.9. The molecular formula is C17H18FNO3. The van der Waals surface area contributed by atoms with E-state index in [4.69, 9.17) is 16.6 Å². The van der Waals surface area contributed by atoms with Crippen molar-refractivity contribution in [3.63, 3.8) is 0 Å². The summed E-state index contributed by atoms with van der Waals surface area (Å²) in [6, 6.07) is 3.58. The van der Waals surface area contributed by atoms with Crippen molar-refractivity contribution in [1.29, 1.82) is 5.41 Å². The fourth-order valence-corrected chi connectivity index (χ4v) is 1.74. The minimum absolute atomic E-state index is 0.0851. The van der Waals surface area contributed by atoms with Gasteiger partial charge in [0.2, 0.25) is 0 Å². The van der Waals surface area contributed by atoms with Gasteiger partial charge in [0, 0.05) is 23.3 Å². The Morgan fingerprint density at radius 3 is 2.45 bits per heavy atom. The van der Waals surface area contributed by atoms with Crippen molar-refractivity contribution >= 4 is 17.5 Å². The van der Waals surface area contributed by atoms with E-state index in [1.165, 1.54) is 6.07 Å². The smallest absolute Gasteiger partial charge is 0.312 e. The quantitative estimate of drug-likeness (QED) is 0.393. The van der Waals surface area contributed by atoms with Crippen LogP contribution in [0.4, 0.5) is 4.39 Å². The Kier molecular flexibility index (Phi) is 5.58. The van der Waals surface area contributed by atoms with Gasteiger partial charge in [-0.2, -0.15) is 0 Å². The summed E-state index contributed by atoms with van der Waals surface area (Å²) in [5.41, 5.74) is -0.402. The van der Waals surface area contributed by atoms with Crippen LogP contribution in [0.2, 0.25) is 0 Å². The Morgan fingerprint density at radius 1 is 1.27 bits per heavy atom. The van der Waals surface area contributed by atoms with Crippen LogP contribution in [0.25, 0.3) is 0 Å². The van der Waals surface area contributed by atoms with E-state index in [-0.39, 0.29) is 29.7 Å². The number of carbonyl (C=O) groups excluding carboxylic acids is 2. The summed E-state index contributed by atoms with van der Waals surface area (Å²) >= 11 is 0. The standard InChI is InChI=1S/C17H18FNO3/c1-5-11-6-12(8-13(18)7-11)15(20)9-14(19)10-16(21)22-17(2,3)4/h1,6-8,19H,9-10H2,2-4H3. The molecule has 0 atom stereocenters. The number of nitrogens with one attached hydrogen (secondary N) is 1. The van der Waals surface area contributed by atoms with Crippen molar-refractivity contribution in [2.75, 3.05) is 0 Å². The highest BCUT2D eigenvalue weighted by atomic mass is 19.1. The average Bonchev–Trinajstić information content (AvgIpc) is 2.35. The fourth-order valence-electron chi connectivity index (χ4n) is 1.74. The number of ketones is 1. The van der Waals surface area contributed by atoms with Crippen molar-refractivity contribution in [2.45, 2.75) is 39.2 Å². The summed E-state index contributed by atoms with van der Waals surface area (Å²) in [5.74, 6) is 0.598. The second kappa shape index (κ2) is 6.99. The zero-order valence-corrected chi connectivity index (χ0v) is 12.8. The number of carbonyl (C=O) groups is 2. The number of hydrogen-bond acceptors (Lipinski definition) is 4. The lowest BCUT2D eigenvalue weighted by molar-refractivity contribution is -0.153. The van der Waals surface area contributed by atoms with Crippen molar-refractivity contribution in [3.05, 3.63) is 35.1 Å². The first kappa shape index (κ1) is 17.6. The van der Waals surface area contributed by atoms with E-state index in [2.05, 4.69) is 5.92 Å². The fraction of sp³-hybridized carbons (Fsp3) is 0.353. The molecule has 0 bridgehead atoms. The SMILES string of the molecule is C#Cc1cc(F)cc(C(=O)CC(=N)CC(=O)OC(C)(C)C)c1. The highest BCUT2D eigenvalue weighted by Crippen LogP contribution is 2.13. The van der Waals surface area contributed by atoms with Crippen molar-refractivity contribution in [2.24, 2.45) is 0 Å². The number of benzene rings is 1. The molecule has 0 saturated carbocycles. The minimum atomic E-state index is -0.647. The average molecular weight is 303 g/mol. The van der Waals surface area contributed by atoms with Crippen LogP contribution >= 0.6 is 0 Å². The van der Waals surface area contributed by atoms with Crippen LogP contribution in [-0.2, 0) is 9.53 Å². The third-order valence-corrected chi connectivity index (χ3v) is 2.54. The first-order valence-corrected chi connectivity index (χ1v) is 6.69. The Bertz CT molecular complexity index is 651. The summed E-state index contributed by atoms with van der Waals surface area (Å²) in [5, 5.41) is 7.70. The maximum absolute atomic E-state index is 13.3. The van der Waals surface area contributed by atoms with E-state index in [1.807, 2.05) is 0 Å². The van der Waals surface area contributed by atoms with E-state index in [1.54, 1.807) is 20.8 Å². The molecule has 22 heavy (non-hydrogen) atoms. The molecule has 5 heteroatoms. The first-order valence-electron chi connectivity index (χ1n) is 6.69. The molecular weight excluding hydrogens is 285 g/mol. The number of halogens is 1. The predicted octanol–water partition coefficient (Wildman–Crippen LogP) is 3.13. The Labute approximate surface area is 129 Å². The van der Waals surface area contributed by atoms with Crippen LogP contribution in [0.1, 0.15) is 49.5 Å². The van der Waals surface area contributed by atoms with Gasteiger partial charge in [0.1, 0.15) is 11.4 Å². The largest absolute Gasteiger partial charge is 0.460 e. The summed E-state index contributed by atoms with van der Waals surface area (Å²) < 4.78 is 18.4. The summed E-state index contributed by atoms with van der Waals surface area (Å²) in [4.78, 5) is 23.6. The third-order valence-electron chi connectivity index (χ3n) is 2.54. The number of esters is 1. The number of rotatable bonds is 5. The summed E-state index contributed by atoms with van der Waals surface area (Å²) in [6.45, 7) is 5.15. The molecule has 4 nitrogen and oxygen atoms in total. The first-order chi connectivity index (χ1) is 10.1. The molecule has 0 heterocycles. The van der Waals surface area contributed by atoms with Crippen molar-refractivity contribution < 1.29 is 18.7 Å². The molecule has 0 fully saturated rings. The number of hydrogen-bond donors (Lipinski definition) is 1. The maximum atomic E-state index is 13.3. The van der Waals surface area contributed by atoms with Gasteiger partial charge in [-0.15, -0.1) is 6.42 Å². The Morgan fingerprint density at radius 2 is 1.91 bits per heavy atom. The number of terminal acetylenes is 1. The van der Waals surface area contributed by atoms with Crippen molar-refractivity contribution in [1.82, 2.24) is 0 Å². The van der Waals surface area contributed by atoms with Crippen LogP contribution in [-0.4, -0.2) is 23.1 Å². The lowest BCUT2D eigenvalue weighted by Gasteiger charge is -2.19. The second-order valence-corrected chi connectivity index (χ2v) is 5.84. The van der Waals surface area contributed by atoms with E-state index >= 15 is 0 Å². The molecule has 1 aromatic rings. The van der Waals surface area contributed by atoms with Crippen LogP contribution in [0, 0.1) is 23.6 Å². The number of ether oxygens (including phenoxy) is 1. The molecule has 0 saturated heterocycles. The van der Waals surface area contributed by atoms with Crippen LogP contribution in [0.15, 0.2) is 18.2 Å². The van der Waals surface area contributed by atoms with E-state index in [9.17, 15) is 14.0 Å². The van der Waals surface area contributed by atoms with Gasteiger partial charge in [0.15, 0.2) is 5.78 Å². The highest BCUT2D eigenvalue weighted by molar-refractivity contribution is 6.12. The number of Topliss-reactive ketones (excluding diaryl/α,β-unsaturated/α-hetero) is 1. The van der Waals surface area contributed by atoms with Crippen molar-refractivity contribution in [3.8, 4) is 12.3 Å². The van der Waals surface area contributed by atoms with E-state index < -0.39 is 23.2 Å².